The number of carbonyl (C=O) groups is 2. The van der Waals surface area contributed by atoms with Crippen molar-refractivity contribution in [3.8, 4) is 0 Å². The highest BCUT2D eigenvalue weighted by Crippen LogP contribution is 2.22. The van der Waals surface area contributed by atoms with Crippen LogP contribution in [0.2, 0.25) is 0 Å². The molecule has 0 saturated heterocycles. The maximum atomic E-state index is 12.4. The van der Waals surface area contributed by atoms with Gasteiger partial charge >= 0.3 is 5.97 Å². The van der Waals surface area contributed by atoms with Crippen molar-refractivity contribution in [2.75, 3.05) is 6.61 Å². The van der Waals surface area contributed by atoms with Crippen LogP contribution in [-0.4, -0.2) is 23.5 Å². The molecule has 1 heterocycles. The summed E-state index contributed by atoms with van der Waals surface area (Å²) in [6.07, 6.45) is 0.0678. The van der Waals surface area contributed by atoms with Gasteiger partial charge in [-0.05, 0) is 25.0 Å². The normalized spacial score (nSPS) is 11.3. The number of rotatable bonds is 7. The molecule has 1 aromatic carbocycles. The number of aryl methyl sites for hydroxylation is 1. The van der Waals surface area contributed by atoms with Gasteiger partial charge in [-0.1, -0.05) is 24.3 Å². The molecule has 0 aliphatic rings. The maximum Gasteiger partial charge on any atom is 0.308 e. The third kappa shape index (κ3) is 5.81. The zero-order chi connectivity index (χ0) is 17.5. The minimum atomic E-state index is -0.472. The molecule has 2 rings (SSSR count). The molecule has 0 fully saturated rings. The molecule has 8 heteroatoms. The summed E-state index contributed by atoms with van der Waals surface area (Å²) in [6, 6.07) is 7.15. The van der Waals surface area contributed by atoms with Crippen molar-refractivity contribution in [1.29, 1.82) is 0 Å². The minimum Gasteiger partial charge on any atom is -0.466 e. The largest absolute Gasteiger partial charge is 0.466 e. The molecule has 6 nitrogen and oxygen atoms in total. The number of carbonyl (C=O) groups excluding carboxylic acids is 2. The first kappa shape index (κ1) is 21.1. The lowest BCUT2D eigenvalue weighted by atomic mass is 9.98. The van der Waals surface area contributed by atoms with Gasteiger partial charge in [-0.25, -0.2) is 4.98 Å². The molecule has 3 N–H and O–H groups in total. The summed E-state index contributed by atoms with van der Waals surface area (Å²) in [6.45, 7) is 4.29. The molecule has 0 bridgehead atoms. The van der Waals surface area contributed by atoms with Crippen molar-refractivity contribution in [2.45, 2.75) is 32.9 Å². The molecule has 25 heavy (non-hydrogen) atoms. The summed E-state index contributed by atoms with van der Waals surface area (Å²) in [4.78, 5) is 28.5. The predicted molar refractivity (Wildman–Crippen MR) is 99.9 cm³/mol. The van der Waals surface area contributed by atoms with Gasteiger partial charge in [0.1, 0.15) is 10.7 Å². The zero-order valence-electron chi connectivity index (χ0n) is 14.2. The number of aromatic nitrogens is 1. The van der Waals surface area contributed by atoms with Crippen LogP contribution in [0.4, 0.5) is 0 Å². The number of halogens is 1. The van der Waals surface area contributed by atoms with Crippen molar-refractivity contribution >= 4 is 35.6 Å². The van der Waals surface area contributed by atoms with Crippen molar-refractivity contribution < 1.29 is 14.3 Å². The zero-order valence-corrected chi connectivity index (χ0v) is 15.8. The summed E-state index contributed by atoms with van der Waals surface area (Å²) in [5, 5.41) is 5.24. The van der Waals surface area contributed by atoms with Gasteiger partial charge in [-0.2, -0.15) is 0 Å². The molecular weight excluding hydrogens is 362 g/mol. The molecule has 1 unspecified atom stereocenters. The quantitative estimate of drug-likeness (QED) is 0.717. The summed E-state index contributed by atoms with van der Waals surface area (Å²) in [5.41, 5.74) is 7.71. The first-order chi connectivity index (χ1) is 11.5. The number of hydrogen-bond acceptors (Lipinski definition) is 6. The Labute approximate surface area is 157 Å². The first-order valence-corrected chi connectivity index (χ1v) is 8.59. The molecule has 1 atom stereocenters. The highest BCUT2D eigenvalue weighted by atomic mass is 35.5. The van der Waals surface area contributed by atoms with Crippen LogP contribution in [-0.2, 0) is 16.1 Å². The molecule has 0 aliphatic heterocycles. The van der Waals surface area contributed by atoms with E-state index in [1.165, 1.54) is 11.3 Å². The summed E-state index contributed by atoms with van der Waals surface area (Å²) < 4.78 is 5.02. The second kappa shape index (κ2) is 10.1. The van der Waals surface area contributed by atoms with Gasteiger partial charge in [0.2, 0.25) is 0 Å². The predicted octanol–water partition coefficient (Wildman–Crippen LogP) is 2.76. The van der Waals surface area contributed by atoms with Crippen LogP contribution in [0.25, 0.3) is 0 Å². The van der Waals surface area contributed by atoms with E-state index in [2.05, 4.69) is 10.3 Å². The molecule has 0 aliphatic carbocycles. The van der Waals surface area contributed by atoms with Gasteiger partial charge in [0.25, 0.3) is 5.91 Å². The number of nitrogens with two attached hydrogens (primary N) is 1. The third-order valence-electron chi connectivity index (χ3n) is 3.50. The average molecular weight is 384 g/mol. The molecule has 1 aromatic heterocycles. The van der Waals surface area contributed by atoms with E-state index in [1.54, 1.807) is 12.3 Å². The van der Waals surface area contributed by atoms with Crippen LogP contribution >= 0.6 is 23.7 Å². The number of amides is 1. The highest BCUT2D eigenvalue weighted by molar-refractivity contribution is 7.09. The van der Waals surface area contributed by atoms with Gasteiger partial charge in [0, 0.05) is 11.9 Å². The molecule has 0 radical (unpaired) electrons. The topological polar surface area (TPSA) is 94.3 Å². The third-order valence-corrected chi connectivity index (χ3v) is 4.38. The highest BCUT2D eigenvalue weighted by Gasteiger charge is 2.22. The van der Waals surface area contributed by atoms with E-state index >= 15 is 0 Å². The van der Waals surface area contributed by atoms with E-state index in [1.807, 2.05) is 31.2 Å². The number of hydrogen-bond donors (Lipinski definition) is 2. The van der Waals surface area contributed by atoms with Crippen LogP contribution in [0.15, 0.2) is 29.6 Å². The monoisotopic (exact) mass is 383 g/mol. The van der Waals surface area contributed by atoms with Crippen molar-refractivity contribution in [3.05, 3.63) is 51.5 Å². The number of nitrogens with one attached hydrogen (secondary N) is 1. The minimum absolute atomic E-state index is 0. The van der Waals surface area contributed by atoms with Crippen LogP contribution in [0.1, 0.15) is 46.0 Å². The summed E-state index contributed by atoms with van der Waals surface area (Å²) in [7, 11) is 0. The van der Waals surface area contributed by atoms with Crippen LogP contribution < -0.4 is 11.1 Å². The Morgan fingerprint density at radius 2 is 2.08 bits per heavy atom. The van der Waals surface area contributed by atoms with Crippen molar-refractivity contribution in [3.63, 3.8) is 0 Å². The van der Waals surface area contributed by atoms with E-state index < -0.39 is 6.04 Å². The Kier molecular flexibility index (Phi) is 8.54. The number of thiazole rings is 1. The number of esters is 1. The van der Waals surface area contributed by atoms with Gasteiger partial charge in [0.05, 0.1) is 19.1 Å². The molecule has 2 aromatic rings. The fraction of sp³-hybridized carbons (Fsp3) is 0.353. The smallest absolute Gasteiger partial charge is 0.308 e. The average Bonchev–Trinajstić information content (AvgIpc) is 3.04. The van der Waals surface area contributed by atoms with Crippen LogP contribution in [0, 0.1) is 6.92 Å². The lowest BCUT2D eigenvalue weighted by Gasteiger charge is -2.20. The van der Waals surface area contributed by atoms with Gasteiger partial charge < -0.3 is 15.8 Å². The van der Waals surface area contributed by atoms with E-state index in [0.717, 1.165) is 11.1 Å². The lowest BCUT2D eigenvalue weighted by molar-refractivity contribution is -0.143. The van der Waals surface area contributed by atoms with Gasteiger partial charge in [-0.15, -0.1) is 23.7 Å². The van der Waals surface area contributed by atoms with E-state index in [-0.39, 0.29) is 30.7 Å². The summed E-state index contributed by atoms with van der Waals surface area (Å²) in [5.74, 6) is -0.685. The Bertz CT molecular complexity index is 721. The Morgan fingerprint density at radius 3 is 2.68 bits per heavy atom. The molecular formula is C17H22ClN3O3S. The van der Waals surface area contributed by atoms with E-state index in [9.17, 15) is 9.59 Å². The Balaban J connectivity index is 0.00000312. The fourth-order valence-corrected chi connectivity index (χ4v) is 3.00. The molecule has 0 spiro atoms. The Hall–Kier alpha value is -1.96. The number of ether oxygens (including phenoxy) is 1. The standard InChI is InChI=1S/C17H21N3O3S.ClH/c1-3-23-16(21)8-13(12-7-5-4-6-11(12)2)20-17(22)14-10-24-15(9-18)19-14;/h4-7,10,13H,3,8-9,18H2,1-2H3,(H,20,22);1H. The van der Waals surface area contributed by atoms with Gasteiger partial charge in [0.15, 0.2) is 0 Å². The van der Waals surface area contributed by atoms with E-state index in [4.69, 9.17) is 10.5 Å². The number of benzene rings is 1. The molecule has 136 valence electrons. The number of nitrogens with zero attached hydrogens (tertiary/aromatic N) is 1. The van der Waals surface area contributed by atoms with Gasteiger partial charge in [-0.3, -0.25) is 9.59 Å². The second-order valence-corrected chi connectivity index (χ2v) is 6.17. The lowest BCUT2D eigenvalue weighted by Crippen LogP contribution is -2.31. The second-order valence-electron chi connectivity index (χ2n) is 5.22. The van der Waals surface area contributed by atoms with Crippen molar-refractivity contribution in [2.24, 2.45) is 5.73 Å². The van der Waals surface area contributed by atoms with Crippen molar-refractivity contribution in [1.82, 2.24) is 10.3 Å². The van der Waals surface area contributed by atoms with E-state index in [0.29, 0.717) is 23.9 Å². The van der Waals surface area contributed by atoms with Crippen LogP contribution in [0.5, 0.6) is 0 Å². The molecule has 0 saturated carbocycles. The maximum absolute atomic E-state index is 12.4. The first-order valence-electron chi connectivity index (χ1n) is 7.71. The summed E-state index contributed by atoms with van der Waals surface area (Å²) >= 11 is 1.34. The fourth-order valence-electron chi connectivity index (χ4n) is 2.34. The van der Waals surface area contributed by atoms with Crippen LogP contribution in [0.3, 0.4) is 0 Å². The SMILES string of the molecule is CCOC(=O)CC(NC(=O)c1csc(CN)n1)c1ccccc1C.Cl. The molecule has 1 amide bonds. The Morgan fingerprint density at radius 1 is 1.36 bits per heavy atom.